The van der Waals surface area contributed by atoms with Crippen LogP contribution in [0.1, 0.15) is 316 Å². The van der Waals surface area contributed by atoms with Gasteiger partial charge < -0.3 is 20.3 Å². The second-order valence-corrected chi connectivity index (χ2v) is 20.0. The number of unbranched alkanes of at least 4 members (excludes halogenated alkanes) is 39. The van der Waals surface area contributed by atoms with Gasteiger partial charge in [0, 0.05) is 12.8 Å². The molecule has 65 heavy (non-hydrogen) atoms. The number of hydrogen-bond acceptors (Lipinski definition) is 5. The van der Waals surface area contributed by atoms with Gasteiger partial charge in [-0.2, -0.15) is 0 Å². The minimum Gasteiger partial charge on any atom is -0.466 e. The van der Waals surface area contributed by atoms with Gasteiger partial charge in [-0.25, -0.2) is 0 Å². The van der Waals surface area contributed by atoms with Crippen LogP contribution in [0.4, 0.5) is 0 Å². The predicted molar refractivity (Wildman–Crippen MR) is 283 cm³/mol. The molecule has 0 aliphatic carbocycles. The summed E-state index contributed by atoms with van der Waals surface area (Å²) in [4.78, 5) is 24.5. The molecule has 2 atom stereocenters. The maximum Gasteiger partial charge on any atom is 0.305 e. The molecule has 0 heterocycles. The standard InChI is InChI=1S/C59H113NO5/c1-3-5-7-9-11-13-15-17-18-19-20-22-25-28-31-35-39-43-47-51-57(62)56(55-61)60-58(63)52-48-44-40-36-32-29-26-23-21-24-27-30-34-38-42-46-50-54-65-59(64)53-49-45-41-37-33-16-14-12-10-8-6-4-2/h12,14,21,24,56-57,61-62H,3-11,13,15-20,22-23,25-55H2,1-2H3,(H,60,63)/b14-12-,24-21-. The zero-order valence-corrected chi connectivity index (χ0v) is 43.7. The van der Waals surface area contributed by atoms with Gasteiger partial charge in [0.2, 0.25) is 5.91 Å². The lowest BCUT2D eigenvalue weighted by atomic mass is 10.0. The minimum absolute atomic E-state index is 0.0116. The summed E-state index contributed by atoms with van der Waals surface area (Å²) in [5.41, 5.74) is 0. The molecule has 0 bridgehead atoms. The van der Waals surface area contributed by atoms with Crippen LogP contribution in [0, 0.1) is 0 Å². The molecule has 0 aliphatic heterocycles. The van der Waals surface area contributed by atoms with E-state index in [0.717, 1.165) is 57.8 Å². The Bertz CT molecular complexity index is 1010. The Balaban J connectivity index is 3.46. The topological polar surface area (TPSA) is 95.9 Å². The summed E-state index contributed by atoms with van der Waals surface area (Å²) in [5.74, 6) is -0.0565. The number of nitrogens with one attached hydrogen (secondary N) is 1. The van der Waals surface area contributed by atoms with Crippen LogP contribution in [0.2, 0.25) is 0 Å². The number of carbonyl (C=O) groups is 2. The van der Waals surface area contributed by atoms with Gasteiger partial charge in [0.1, 0.15) is 0 Å². The molecular weight excluding hydrogens is 803 g/mol. The number of ether oxygens (including phenoxy) is 1. The van der Waals surface area contributed by atoms with E-state index in [-0.39, 0.29) is 18.5 Å². The second kappa shape index (κ2) is 54.9. The molecule has 0 radical (unpaired) electrons. The molecule has 0 spiro atoms. The van der Waals surface area contributed by atoms with E-state index in [4.69, 9.17) is 4.74 Å². The normalized spacial score (nSPS) is 12.7. The van der Waals surface area contributed by atoms with Crippen LogP contribution >= 0.6 is 0 Å². The molecule has 2 unspecified atom stereocenters. The number of allylic oxidation sites excluding steroid dienone is 4. The van der Waals surface area contributed by atoms with Crippen LogP contribution in [0.15, 0.2) is 24.3 Å². The predicted octanol–water partition coefficient (Wildman–Crippen LogP) is 17.9. The van der Waals surface area contributed by atoms with Gasteiger partial charge in [0.15, 0.2) is 0 Å². The van der Waals surface area contributed by atoms with E-state index in [1.165, 1.54) is 225 Å². The SMILES string of the molecule is CCCCC/C=C\CCCCCCCC(=O)OCCCCCCCC/C=C\CCCCCCCCCC(=O)NC(CO)C(O)CCCCCCCCCCCCCCCCCCCCC. The van der Waals surface area contributed by atoms with Gasteiger partial charge in [0.25, 0.3) is 0 Å². The first-order valence-electron chi connectivity index (χ1n) is 29.1. The van der Waals surface area contributed by atoms with Gasteiger partial charge in [0.05, 0.1) is 25.4 Å². The molecule has 6 heteroatoms. The Kier molecular flexibility index (Phi) is 53.5. The van der Waals surface area contributed by atoms with E-state index in [9.17, 15) is 19.8 Å². The second-order valence-electron chi connectivity index (χ2n) is 20.0. The van der Waals surface area contributed by atoms with Gasteiger partial charge in [-0.05, 0) is 77.0 Å². The quantitative estimate of drug-likeness (QED) is 0.0321. The van der Waals surface area contributed by atoms with Crippen molar-refractivity contribution in [1.82, 2.24) is 5.32 Å². The van der Waals surface area contributed by atoms with E-state index in [1.807, 2.05) is 0 Å². The highest BCUT2D eigenvalue weighted by molar-refractivity contribution is 5.76. The van der Waals surface area contributed by atoms with E-state index in [2.05, 4.69) is 43.5 Å². The van der Waals surface area contributed by atoms with Crippen molar-refractivity contribution in [2.24, 2.45) is 0 Å². The number of aliphatic hydroxyl groups is 2. The van der Waals surface area contributed by atoms with Crippen molar-refractivity contribution in [2.45, 2.75) is 328 Å². The van der Waals surface area contributed by atoms with Crippen molar-refractivity contribution in [3.05, 3.63) is 24.3 Å². The lowest BCUT2D eigenvalue weighted by Crippen LogP contribution is -2.45. The first kappa shape index (κ1) is 63.3. The molecule has 0 saturated carbocycles. The first-order chi connectivity index (χ1) is 32.0. The molecule has 3 N–H and O–H groups in total. The summed E-state index contributed by atoms with van der Waals surface area (Å²) in [7, 11) is 0. The molecule has 1 amide bonds. The van der Waals surface area contributed by atoms with E-state index < -0.39 is 12.1 Å². The summed E-state index contributed by atoms with van der Waals surface area (Å²) in [6, 6.07) is -0.551. The fourth-order valence-corrected chi connectivity index (χ4v) is 8.98. The van der Waals surface area contributed by atoms with E-state index in [1.54, 1.807) is 0 Å². The minimum atomic E-state index is -0.673. The molecule has 384 valence electrons. The fraction of sp³-hybridized carbons (Fsp3) is 0.898. The van der Waals surface area contributed by atoms with Crippen LogP contribution < -0.4 is 5.32 Å². The number of aliphatic hydroxyl groups excluding tert-OH is 2. The van der Waals surface area contributed by atoms with Crippen molar-refractivity contribution < 1.29 is 24.5 Å². The Morgan fingerprint density at radius 3 is 1.12 bits per heavy atom. The van der Waals surface area contributed by atoms with Crippen LogP contribution in [0.5, 0.6) is 0 Å². The third kappa shape index (κ3) is 51.6. The van der Waals surface area contributed by atoms with Crippen molar-refractivity contribution in [1.29, 1.82) is 0 Å². The van der Waals surface area contributed by atoms with Crippen LogP contribution in [-0.4, -0.2) is 47.4 Å². The Morgan fingerprint density at radius 2 is 0.723 bits per heavy atom. The molecule has 0 aromatic rings. The first-order valence-corrected chi connectivity index (χ1v) is 29.1. The third-order valence-electron chi connectivity index (χ3n) is 13.5. The maximum absolute atomic E-state index is 12.5. The van der Waals surface area contributed by atoms with Crippen LogP contribution in [0.3, 0.4) is 0 Å². The summed E-state index contributed by atoms with van der Waals surface area (Å²) < 4.78 is 5.45. The van der Waals surface area contributed by atoms with E-state index in [0.29, 0.717) is 25.9 Å². The summed E-state index contributed by atoms with van der Waals surface area (Å²) in [6.07, 6.45) is 65.9. The van der Waals surface area contributed by atoms with Gasteiger partial charge >= 0.3 is 5.97 Å². The van der Waals surface area contributed by atoms with Crippen LogP contribution in [-0.2, 0) is 14.3 Å². The highest BCUT2D eigenvalue weighted by Crippen LogP contribution is 2.17. The summed E-state index contributed by atoms with van der Waals surface area (Å²) in [5, 5.41) is 23.3. The number of amides is 1. The highest BCUT2D eigenvalue weighted by atomic mass is 16.5. The number of esters is 1. The Hall–Kier alpha value is -1.66. The molecular formula is C59H113NO5. The maximum atomic E-state index is 12.5. The Labute approximate surface area is 405 Å². The average molecular weight is 917 g/mol. The fourth-order valence-electron chi connectivity index (χ4n) is 8.98. The van der Waals surface area contributed by atoms with Gasteiger partial charge in [-0.1, -0.05) is 250 Å². The highest BCUT2D eigenvalue weighted by Gasteiger charge is 2.20. The molecule has 0 saturated heterocycles. The van der Waals surface area contributed by atoms with E-state index >= 15 is 0 Å². The summed E-state index contributed by atoms with van der Waals surface area (Å²) >= 11 is 0. The van der Waals surface area contributed by atoms with Crippen molar-refractivity contribution >= 4 is 11.9 Å². The van der Waals surface area contributed by atoms with Gasteiger partial charge in [-0.15, -0.1) is 0 Å². The monoisotopic (exact) mass is 916 g/mol. The molecule has 0 aromatic heterocycles. The molecule has 6 nitrogen and oxygen atoms in total. The molecule has 0 aromatic carbocycles. The van der Waals surface area contributed by atoms with Gasteiger partial charge in [-0.3, -0.25) is 9.59 Å². The zero-order valence-electron chi connectivity index (χ0n) is 43.7. The number of hydrogen-bond donors (Lipinski definition) is 3. The largest absolute Gasteiger partial charge is 0.466 e. The molecule has 0 aliphatic rings. The zero-order chi connectivity index (χ0) is 47.2. The Morgan fingerprint density at radius 1 is 0.415 bits per heavy atom. The summed E-state index contributed by atoms with van der Waals surface area (Å²) in [6.45, 7) is 4.92. The van der Waals surface area contributed by atoms with Crippen molar-refractivity contribution in [3.8, 4) is 0 Å². The van der Waals surface area contributed by atoms with Crippen molar-refractivity contribution in [2.75, 3.05) is 13.2 Å². The third-order valence-corrected chi connectivity index (χ3v) is 13.5. The van der Waals surface area contributed by atoms with Crippen LogP contribution in [0.25, 0.3) is 0 Å². The van der Waals surface area contributed by atoms with Crippen molar-refractivity contribution in [3.63, 3.8) is 0 Å². The lowest BCUT2D eigenvalue weighted by molar-refractivity contribution is -0.143. The average Bonchev–Trinajstić information content (AvgIpc) is 3.31. The molecule has 0 rings (SSSR count). The smallest absolute Gasteiger partial charge is 0.305 e. The molecule has 0 fully saturated rings. The number of carbonyl (C=O) groups excluding carboxylic acids is 2. The number of rotatable bonds is 54. The lowest BCUT2D eigenvalue weighted by Gasteiger charge is -2.22.